The van der Waals surface area contributed by atoms with Crippen LogP contribution < -0.4 is 5.32 Å². The average molecular weight is 259 g/mol. The van der Waals surface area contributed by atoms with Crippen molar-refractivity contribution in [2.45, 2.75) is 40.0 Å². The number of rotatable bonds is 2. The first-order valence-electron chi connectivity index (χ1n) is 6.41. The Bertz CT molecular complexity index is 592. The summed E-state index contributed by atoms with van der Waals surface area (Å²) in [5.41, 5.74) is 0.930. The van der Waals surface area contributed by atoms with E-state index in [-0.39, 0.29) is 5.41 Å². The molecule has 1 N–H and O–H groups in total. The van der Waals surface area contributed by atoms with E-state index in [2.05, 4.69) is 36.1 Å². The van der Waals surface area contributed by atoms with Crippen molar-refractivity contribution in [1.82, 2.24) is 19.5 Å². The van der Waals surface area contributed by atoms with Gasteiger partial charge in [-0.05, 0) is 13.8 Å². The van der Waals surface area contributed by atoms with Gasteiger partial charge in [0.2, 0.25) is 0 Å². The number of aromatic nitrogens is 4. The van der Waals surface area contributed by atoms with Gasteiger partial charge < -0.3 is 5.32 Å². The lowest BCUT2D eigenvalue weighted by Crippen LogP contribution is -2.20. The van der Waals surface area contributed by atoms with Crippen LogP contribution in [0, 0.1) is 13.8 Å². The van der Waals surface area contributed by atoms with Crippen LogP contribution in [-0.4, -0.2) is 26.6 Å². The first-order valence-corrected chi connectivity index (χ1v) is 6.41. The standard InChI is InChI=1S/C14H21N5/c1-9-11(15-6)17-13(14(3,4)5)18-12(9)19-8-7-16-10(19)2/h7-8H,1-6H3,(H,15,17,18). The average Bonchev–Trinajstić information content (AvgIpc) is 2.74. The molecule has 2 aromatic rings. The Morgan fingerprint density at radius 2 is 1.84 bits per heavy atom. The van der Waals surface area contributed by atoms with Gasteiger partial charge in [-0.2, -0.15) is 0 Å². The van der Waals surface area contributed by atoms with Gasteiger partial charge in [0.1, 0.15) is 23.3 Å². The smallest absolute Gasteiger partial charge is 0.146 e. The van der Waals surface area contributed by atoms with Crippen LogP contribution in [0.4, 0.5) is 5.82 Å². The van der Waals surface area contributed by atoms with Gasteiger partial charge in [-0.25, -0.2) is 15.0 Å². The normalized spacial score (nSPS) is 11.7. The Balaban J connectivity index is 2.70. The van der Waals surface area contributed by atoms with Crippen molar-refractivity contribution in [3.05, 3.63) is 29.6 Å². The van der Waals surface area contributed by atoms with Crippen LogP contribution in [0.25, 0.3) is 5.82 Å². The van der Waals surface area contributed by atoms with Gasteiger partial charge in [0.25, 0.3) is 0 Å². The van der Waals surface area contributed by atoms with Crippen LogP contribution in [0.3, 0.4) is 0 Å². The molecule has 19 heavy (non-hydrogen) atoms. The third kappa shape index (κ3) is 2.45. The van der Waals surface area contributed by atoms with Crippen LogP contribution in [-0.2, 0) is 5.41 Å². The quantitative estimate of drug-likeness (QED) is 0.900. The van der Waals surface area contributed by atoms with Crippen LogP contribution in [0.5, 0.6) is 0 Å². The van der Waals surface area contributed by atoms with Gasteiger partial charge >= 0.3 is 0 Å². The van der Waals surface area contributed by atoms with E-state index in [1.165, 1.54) is 0 Å². The molecule has 0 bridgehead atoms. The van der Waals surface area contributed by atoms with Gasteiger partial charge in [0, 0.05) is 30.4 Å². The van der Waals surface area contributed by atoms with Crippen molar-refractivity contribution in [3.63, 3.8) is 0 Å². The molecule has 5 heteroatoms. The highest BCUT2D eigenvalue weighted by Gasteiger charge is 2.21. The number of hydrogen-bond acceptors (Lipinski definition) is 4. The highest BCUT2D eigenvalue weighted by Crippen LogP contribution is 2.25. The van der Waals surface area contributed by atoms with Gasteiger partial charge in [0.05, 0.1) is 0 Å². The van der Waals surface area contributed by atoms with Crippen LogP contribution in [0.1, 0.15) is 38.0 Å². The van der Waals surface area contributed by atoms with Crippen LogP contribution in [0.2, 0.25) is 0 Å². The molecule has 102 valence electrons. The number of hydrogen-bond donors (Lipinski definition) is 1. The largest absolute Gasteiger partial charge is 0.373 e. The molecule has 2 rings (SSSR count). The number of nitrogens with zero attached hydrogens (tertiary/aromatic N) is 4. The predicted octanol–water partition coefficient (Wildman–Crippen LogP) is 2.62. The molecule has 0 unspecified atom stereocenters. The Morgan fingerprint density at radius 1 is 1.16 bits per heavy atom. The molecule has 0 amide bonds. The molecule has 0 atom stereocenters. The number of nitrogens with one attached hydrogen (secondary N) is 1. The summed E-state index contributed by atoms with van der Waals surface area (Å²) < 4.78 is 1.99. The molecule has 0 saturated heterocycles. The molecule has 0 aliphatic rings. The second-order valence-corrected chi connectivity index (χ2v) is 5.69. The maximum Gasteiger partial charge on any atom is 0.146 e. The van der Waals surface area contributed by atoms with E-state index in [0.717, 1.165) is 28.8 Å². The molecule has 5 nitrogen and oxygen atoms in total. The summed E-state index contributed by atoms with van der Waals surface area (Å²) in [7, 11) is 1.88. The first kappa shape index (κ1) is 13.5. The van der Waals surface area contributed by atoms with Crippen molar-refractivity contribution < 1.29 is 0 Å². The first-order chi connectivity index (χ1) is 8.84. The molecule has 0 radical (unpaired) electrons. The topological polar surface area (TPSA) is 55.6 Å². The van der Waals surface area contributed by atoms with Crippen molar-refractivity contribution in [2.75, 3.05) is 12.4 Å². The van der Waals surface area contributed by atoms with Crippen LogP contribution in [0.15, 0.2) is 12.4 Å². The minimum absolute atomic E-state index is 0.0947. The molecule has 0 aliphatic heterocycles. The molecule has 0 saturated carbocycles. The van der Waals surface area contributed by atoms with Crippen molar-refractivity contribution in [1.29, 1.82) is 0 Å². The third-order valence-corrected chi connectivity index (χ3v) is 3.08. The molecule has 0 spiro atoms. The second kappa shape index (κ2) is 4.64. The molecule has 0 aliphatic carbocycles. The fourth-order valence-corrected chi connectivity index (χ4v) is 1.92. The minimum atomic E-state index is -0.0947. The SMILES string of the molecule is CNc1nc(C(C)(C)C)nc(-n2ccnc2C)c1C. The van der Waals surface area contributed by atoms with Crippen molar-refractivity contribution in [2.24, 2.45) is 0 Å². The van der Waals surface area contributed by atoms with E-state index in [1.807, 2.05) is 31.7 Å². The Morgan fingerprint density at radius 3 is 2.32 bits per heavy atom. The zero-order valence-electron chi connectivity index (χ0n) is 12.4. The number of imidazole rings is 1. The molecule has 2 aromatic heterocycles. The molecule has 0 fully saturated rings. The molecule has 0 aromatic carbocycles. The van der Waals surface area contributed by atoms with E-state index in [1.54, 1.807) is 6.20 Å². The Labute approximate surface area is 114 Å². The number of aryl methyl sites for hydroxylation is 1. The summed E-state index contributed by atoms with van der Waals surface area (Å²) in [5, 5.41) is 3.14. The Hall–Kier alpha value is -1.91. The summed E-state index contributed by atoms with van der Waals surface area (Å²) >= 11 is 0. The fraction of sp³-hybridized carbons (Fsp3) is 0.500. The van der Waals surface area contributed by atoms with E-state index in [0.29, 0.717) is 0 Å². The molecule has 2 heterocycles. The highest BCUT2D eigenvalue weighted by molar-refractivity contribution is 5.52. The van der Waals surface area contributed by atoms with Crippen molar-refractivity contribution >= 4 is 5.82 Å². The lowest BCUT2D eigenvalue weighted by molar-refractivity contribution is 0.543. The monoisotopic (exact) mass is 259 g/mol. The van der Waals surface area contributed by atoms with E-state index in [4.69, 9.17) is 4.98 Å². The fourth-order valence-electron chi connectivity index (χ4n) is 1.92. The van der Waals surface area contributed by atoms with E-state index < -0.39 is 0 Å². The van der Waals surface area contributed by atoms with Gasteiger partial charge in [0.15, 0.2) is 0 Å². The highest BCUT2D eigenvalue weighted by atomic mass is 15.2. The summed E-state index contributed by atoms with van der Waals surface area (Å²) in [6.45, 7) is 10.3. The maximum absolute atomic E-state index is 4.73. The van der Waals surface area contributed by atoms with Crippen molar-refractivity contribution in [3.8, 4) is 5.82 Å². The van der Waals surface area contributed by atoms with Gasteiger partial charge in [-0.1, -0.05) is 20.8 Å². The van der Waals surface area contributed by atoms with Crippen LogP contribution >= 0.6 is 0 Å². The number of anilines is 1. The Kier molecular flexibility index (Phi) is 3.30. The second-order valence-electron chi connectivity index (χ2n) is 5.69. The lowest BCUT2D eigenvalue weighted by Gasteiger charge is -2.20. The van der Waals surface area contributed by atoms with E-state index >= 15 is 0 Å². The zero-order chi connectivity index (χ0) is 14.2. The van der Waals surface area contributed by atoms with E-state index in [9.17, 15) is 0 Å². The van der Waals surface area contributed by atoms with Gasteiger partial charge in [-0.15, -0.1) is 0 Å². The summed E-state index contributed by atoms with van der Waals surface area (Å²) in [6, 6.07) is 0. The summed E-state index contributed by atoms with van der Waals surface area (Å²) in [6.07, 6.45) is 3.71. The predicted molar refractivity (Wildman–Crippen MR) is 76.9 cm³/mol. The minimum Gasteiger partial charge on any atom is -0.373 e. The van der Waals surface area contributed by atoms with Gasteiger partial charge in [-0.3, -0.25) is 4.57 Å². The molecular formula is C14H21N5. The zero-order valence-corrected chi connectivity index (χ0v) is 12.4. The lowest BCUT2D eigenvalue weighted by atomic mass is 9.95. The maximum atomic E-state index is 4.73. The molecular weight excluding hydrogens is 238 g/mol. The summed E-state index contributed by atoms with van der Waals surface area (Å²) in [5.74, 6) is 3.50. The summed E-state index contributed by atoms with van der Waals surface area (Å²) in [4.78, 5) is 13.6. The third-order valence-electron chi connectivity index (χ3n) is 3.08.